The number of nitrogens with zero attached hydrogens (tertiary/aromatic N) is 1. The molecule has 1 saturated carbocycles. The first-order valence-electron chi connectivity index (χ1n) is 10.5. The molecule has 26 heavy (non-hydrogen) atoms. The summed E-state index contributed by atoms with van der Waals surface area (Å²) >= 11 is 0. The number of fused-ring (bicyclic) bond motifs is 1. The van der Waals surface area contributed by atoms with Crippen LogP contribution in [0.1, 0.15) is 37.7 Å². The lowest BCUT2D eigenvalue weighted by molar-refractivity contribution is 0.00688. The van der Waals surface area contributed by atoms with Gasteiger partial charge in [-0.15, -0.1) is 0 Å². The lowest BCUT2D eigenvalue weighted by atomic mass is 9.73. The van der Waals surface area contributed by atoms with E-state index in [0.29, 0.717) is 11.3 Å². The minimum atomic E-state index is 0.461. The maximum atomic E-state index is 5.96. The average Bonchev–Trinajstić information content (AvgIpc) is 2.69. The number of hydrogen-bond donors (Lipinski definition) is 1. The smallest absolute Gasteiger partial charge is 0.122 e. The fourth-order valence-electron chi connectivity index (χ4n) is 4.99. The highest BCUT2D eigenvalue weighted by molar-refractivity contribution is 5.35. The molecule has 2 fully saturated rings. The Balaban J connectivity index is 1.29. The highest BCUT2D eigenvalue weighted by Gasteiger charge is 2.34. The van der Waals surface area contributed by atoms with E-state index < -0.39 is 0 Å². The quantitative estimate of drug-likeness (QED) is 0.847. The molecule has 1 atom stereocenters. The van der Waals surface area contributed by atoms with Gasteiger partial charge < -0.3 is 14.8 Å². The van der Waals surface area contributed by atoms with E-state index in [0.717, 1.165) is 58.2 Å². The van der Waals surface area contributed by atoms with Gasteiger partial charge >= 0.3 is 0 Å². The standard InChI is InChI=1S/C22H34N2O2/c1-4-8-22(9-5-1,18-24-10-12-25-13-11-24)17-23-15-19-14-20-6-2-3-7-21(20)26-16-19/h2-3,6-7,19,23H,1,4-5,8-18H2. The molecule has 0 spiro atoms. The van der Waals surface area contributed by atoms with Crippen LogP contribution in [-0.2, 0) is 11.2 Å². The maximum Gasteiger partial charge on any atom is 0.122 e. The summed E-state index contributed by atoms with van der Waals surface area (Å²) in [7, 11) is 0. The molecule has 1 aromatic carbocycles. The Labute approximate surface area is 158 Å². The van der Waals surface area contributed by atoms with Gasteiger partial charge in [0.15, 0.2) is 0 Å². The van der Waals surface area contributed by atoms with Crippen LogP contribution in [-0.4, -0.2) is 57.4 Å². The van der Waals surface area contributed by atoms with Crippen molar-refractivity contribution in [1.82, 2.24) is 10.2 Å². The van der Waals surface area contributed by atoms with E-state index in [1.54, 1.807) is 0 Å². The summed E-state index contributed by atoms with van der Waals surface area (Å²) in [6.07, 6.45) is 8.10. The summed E-state index contributed by atoms with van der Waals surface area (Å²) in [5, 5.41) is 3.85. The number of rotatable bonds is 6. The minimum Gasteiger partial charge on any atom is -0.493 e. The fourth-order valence-corrected chi connectivity index (χ4v) is 4.99. The normalized spacial score (nSPS) is 26.1. The van der Waals surface area contributed by atoms with E-state index in [1.807, 2.05) is 0 Å². The van der Waals surface area contributed by atoms with Gasteiger partial charge in [0.05, 0.1) is 19.8 Å². The summed E-state index contributed by atoms with van der Waals surface area (Å²) < 4.78 is 11.5. The van der Waals surface area contributed by atoms with Crippen LogP contribution in [0, 0.1) is 11.3 Å². The lowest BCUT2D eigenvalue weighted by Crippen LogP contribution is -2.49. The van der Waals surface area contributed by atoms with Gasteiger partial charge in [-0.05, 0) is 36.3 Å². The largest absolute Gasteiger partial charge is 0.493 e. The van der Waals surface area contributed by atoms with Crippen LogP contribution < -0.4 is 10.1 Å². The average molecular weight is 359 g/mol. The molecule has 4 rings (SSSR count). The predicted octanol–water partition coefficient (Wildman–Crippen LogP) is 3.11. The van der Waals surface area contributed by atoms with Gasteiger partial charge in [0, 0.05) is 38.6 Å². The van der Waals surface area contributed by atoms with Gasteiger partial charge in [-0.1, -0.05) is 37.5 Å². The topological polar surface area (TPSA) is 33.7 Å². The van der Waals surface area contributed by atoms with Crippen molar-refractivity contribution in [3.8, 4) is 5.75 Å². The zero-order valence-corrected chi connectivity index (χ0v) is 16.0. The molecule has 1 aromatic rings. The highest BCUT2D eigenvalue weighted by Crippen LogP contribution is 2.37. The van der Waals surface area contributed by atoms with Gasteiger partial charge in [0.25, 0.3) is 0 Å². The van der Waals surface area contributed by atoms with Gasteiger partial charge in [-0.2, -0.15) is 0 Å². The van der Waals surface area contributed by atoms with Gasteiger partial charge in [-0.3, -0.25) is 4.90 Å². The van der Waals surface area contributed by atoms with Crippen LogP contribution in [0.25, 0.3) is 0 Å². The monoisotopic (exact) mass is 358 g/mol. The van der Waals surface area contributed by atoms with Crippen molar-refractivity contribution in [1.29, 1.82) is 0 Å². The van der Waals surface area contributed by atoms with Crippen molar-refractivity contribution >= 4 is 0 Å². The summed E-state index contributed by atoms with van der Waals surface area (Å²) in [5.41, 5.74) is 1.83. The molecule has 4 nitrogen and oxygen atoms in total. The Kier molecular flexibility index (Phi) is 6.13. The van der Waals surface area contributed by atoms with Crippen LogP contribution >= 0.6 is 0 Å². The van der Waals surface area contributed by atoms with Crippen LogP contribution in [0.2, 0.25) is 0 Å². The molecule has 0 aromatic heterocycles. The number of para-hydroxylation sites is 1. The second-order valence-corrected chi connectivity index (χ2v) is 8.57. The molecule has 1 N–H and O–H groups in total. The first-order chi connectivity index (χ1) is 12.8. The molecule has 0 bridgehead atoms. The van der Waals surface area contributed by atoms with Crippen molar-refractivity contribution in [3.63, 3.8) is 0 Å². The lowest BCUT2D eigenvalue weighted by Gasteiger charge is -2.42. The fraction of sp³-hybridized carbons (Fsp3) is 0.727. The first-order valence-corrected chi connectivity index (χ1v) is 10.5. The minimum absolute atomic E-state index is 0.461. The van der Waals surface area contributed by atoms with E-state index in [2.05, 4.69) is 34.5 Å². The molecule has 2 aliphatic heterocycles. The Hall–Kier alpha value is -1.10. The molecule has 3 aliphatic rings. The number of hydrogen-bond acceptors (Lipinski definition) is 4. The zero-order valence-electron chi connectivity index (χ0n) is 16.0. The first kappa shape index (κ1) is 18.3. The Bertz CT molecular complexity index is 565. The SMILES string of the molecule is c1ccc2c(c1)CC(CNCC1(CN3CCOCC3)CCCCC1)CO2. The van der Waals surface area contributed by atoms with E-state index >= 15 is 0 Å². The molecule has 1 aliphatic carbocycles. The van der Waals surface area contributed by atoms with Gasteiger partial charge in [0.2, 0.25) is 0 Å². The van der Waals surface area contributed by atoms with Gasteiger partial charge in [-0.25, -0.2) is 0 Å². The molecule has 2 heterocycles. The third-order valence-corrected chi connectivity index (χ3v) is 6.47. The van der Waals surface area contributed by atoms with Crippen molar-refractivity contribution in [3.05, 3.63) is 29.8 Å². The molecule has 1 unspecified atom stereocenters. The third kappa shape index (κ3) is 4.59. The van der Waals surface area contributed by atoms with Gasteiger partial charge in [0.1, 0.15) is 5.75 Å². The number of nitrogens with one attached hydrogen (secondary N) is 1. The predicted molar refractivity (Wildman–Crippen MR) is 105 cm³/mol. The summed E-state index contributed by atoms with van der Waals surface area (Å²) in [6, 6.07) is 8.49. The molecule has 4 heteroatoms. The molecule has 0 radical (unpaired) electrons. The Morgan fingerprint density at radius 1 is 1.08 bits per heavy atom. The second kappa shape index (κ2) is 8.73. The van der Waals surface area contributed by atoms with E-state index in [9.17, 15) is 0 Å². The second-order valence-electron chi connectivity index (χ2n) is 8.57. The summed E-state index contributed by atoms with van der Waals surface area (Å²) in [6.45, 7) is 8.34. The van der Waals surface area contributed by atoms with E-state index in [4.69, 9.17) is 9.47 Å². The van der Waals surface area contributed by atoms with E-state index in [-0.39, 0.29) is 0 Å². The van der Waals surface area contributed by atoms with Crippen molar-refractivity contribution in [2.24, 2.45) is 11.3 Å². The van der Waals surface area contributed by atoms with Crippen molar-refractivity contribution in [2.45, 2.75) is 38.5 Å². The molecule has 0 amide bonds. The van der Waals surface area contributed by atoms with Crippen molar-refractivity contribution in [2.75, 3.05) is 52.5 Å². The molecular formula is C22H34N2O2. The van der Waals surface area contributed by atoms with Crippen LogP contribution in [0.15, 0.2) is 24.3 Å². The Morgan fingerprint density at radius 3 is 2.73 bits per heavy atom. The summed E-state index contributed by atoms with van der Waals surface area (Å²) in [4.78, 5) is 2.64. The maximum absolute atomic E-state index is 5.96. The third-order valence-electron chi connectivity index (χ3n) is 6.47. The summed E-state index contributed by atoms with van der Waals surface area (Å²) in [5.74, 6) is 1.67. The van der Waals surface area contributed by atoms with E-state index in [1.165, 1.54) is 44.2 Å². The highest BCUT2D eigenvalue weighted by atomic mass is 16.5. The molecule has 1 saturated heterocycles. The van der Waals surface area contributed by atoms with Crippen LogP contribution in [0.4, 0.5) is 0 Å². The van der Waals surface area contributed by atoms with Crippen LogP contribution in [0.3, 0.4) is 0 Å². The number of benzene rings is 1. The molecular weight excluding hydrogens is 324 g/mol. The zero-order chi connectivity index (χ0) is 17.7. The Morgan fingerprint density at radius 2 is 1.88 bits per heavy atom. The van der Waals surface area contributed by atoms with Crippen molar-refractivity contribution < 1.29 is 9.47 Å². The number of ether oxygens (including phenoxy) is 2. The number of morpholine rings is 1. The molecule has 144 valence electrons. The van der Waals surface area contributed by atoms with Crippen LogP contribution in [0.5, 0.6) is 5.75 Å².